The van der Waals surface area contributed by atoms with Gasteiger partial charge in [0.05, 0.1) is 0 Å². The van der Waals surface area contributed by atoms with Crippen LogP contribution in [-0.2, 0) is 14.3 Å². The van der Waals surface area contributed by atoms with Gasteiger partial charge < -0.3 is 4.74 Å². The molecule has 3 nitrogen and oxygen atoms in total. The summed E-state index contributed by atoms with van der Waals surface area (Å²) in [5.41, 5.74) is 0.342. The number of ether oxygens (including phenoxy) is 1. The van der Waals surface area contributed by atoms with E-state index >= 15 is 0 Å². The normalized spacial score (nSPS) is 11.9. The van der Waals surface area contributed by atoms with Crippen LogP contribution in [0.25, 0.3) is 0 Å². The van der Waals surface area contributed by atoms with E-state index in [1.807, 2.05) is 0 Å². The molecule has 0 aromatic carbocycles. The number of aldehydes is 1. The molecule has 0 amide bonds. The maximum Gasteiger partial charge on any atom is 0.333 e. The average Bonchev–Trinajstić information content (AvgIpc) is 2.66. The minimum Gasteiger partial charge on any atom is -0.451 e. The van der Waals surface area contributed by atoms with Gasteiger partial charge in [0.25, 0.3) is 0 Å². The monoisotopic (exact) mass is 380 g/mol. The molecule has 0 heterocycles. The predicted molar refractivity (Wildman–Crippen MR) is 115 cm³/mol. The van der Waals surface area contributed by atoms with E-state index in [0.29, 0.717) is 12.0 Å². The zero-order valence-electron chi connectivity index (χ0n) is 18.1. The molecule has 0 fully saturated rings. The third-order valence-corrected chi connectivity index (χ3v) is 5.10. The number of carbonyl (C=O) groups is 2. The van der Waals surface area contributed by atoms with E-state index in [1.165, 1.54) is 89.9 Å². The predicted octanol–water partition coefficient (Wildman–Crippen LogP) is 7.32. The molecule has 0 radical (unpaired) electrons. The van der Waals surface area contributed by atoms with Crippen LogP contribution in [0.4, 0.5) is 0 Å². The van der Waals surface area contributed by atoms with Gasteiger partial charge in [0.2, 0.25) is 0 Å². The number of rotatable bonds is 20. The molecule has 0 aromatic heterocycles. The minimum absolute atomic E-state index is 0.342. The summed E-state index contributed by atoms with van der Waals surface area (Å²) in [5, 5.41) is 0. The molecule has 0 saturated carbocycles. The fraction of sp³-hybridized carbons (Fsp3) is 0.833. The largest absolute Gasteiger partial charge is 0.451 e. The van der Waals surface area contributed by atoms with Gasteiger partial charge >= 0.3 is 5.97 Å². The fourth-order valence-electron chi connectivity index (χ4n) is 3.29. The van der Waals surface area contributed by atoms with Crippen molar-refractivity contribution in [2.45, 2.75) is 129 Å². The lowest BCUT2D eigenvalue weighted by atomic mass is 10.0. The first-order chi connectivity index (χ1) is 13.1. The van der Waals surface area contributed by atoms with Crippen LogP contribution >= 0.6 is 0 Å². The van der Waals surface area contributed by atoms with Crippen LogP contribution in [0.1, 0.15) is 123 Å². The van der Waals surface area contributed by atoms with Crippen molar-refractivity contribution in [2.75, 3.05) is 0 Å². The first-order valence-corrected chi connectivity index (χ1v) is 11.4. The average molecular weight is 381 g/mol. The second-order valence-corrected chi connectivity index (χ2v) is 7.95. The van der Waals surface area contributed by atoms with Gasteiger partial charge in [0, 0.05) is 5.57 Å². The van der Waals surface area contributed by atoms with Crippen molar-refractivity contribution in [3.63, 3.8) is 0 Å². The molecule has 0 aromatic rings. The van der Waals surface area contributed by atoms with Gasteiger partial charge in [-0.1, -0.05) is 110 Å². The van der Waals surface area contributed by atoms with Gasteiger partial charge in [-0.2, -0.15) is 0 Å². The van der Waals surface area contributed by atoms with Crippen LogP contribution in [0.2, 0.25) is 0 Å². The summed E-state index contributed by atoms with van der Waals surface area (Å²) in [4.78, 5) is 22.4. The first-order valence-electron chi connectivity index (χ1n) is 11.4. The van der Waals surface area contributed by atoms with Gasteiger partial charge in [-0.3, -0.25) is 4.79 Å². The van der Waals surface area contributed by atoms with Crippen LogP contribution in [0, 0.1) is 0 Å². The van der Waals surface area contributed by atoms with E-state index in [-0.39, 0.29) is 0 Å². The molecule has 0 saturated heterocycles. The Morgan fingerprint density at radius 1 is 0.778 bits per heavy atom. The molecule has 0 N–H and O–H groups in total. The number of hydrogen-bond donors (Lipinski definition) is 0. The van der Waals surface area contributed by atoms with Gasteiger partial charge in [-0.25, -0.2) is 4.79 Å². The Morgan fingerprint density at radius 3 is 1.48 bits per heavy atom. The topological polar surface area (TPSA) is 43.4 Å². The lowest BCUT2D eigenvalue weighted by Gasteiger charge is -2.11. The molecule has 0 aliphatic rings. The summed E-state index contributed by atoms with van der Waals surface area (Å²) in [6.07, 6.45) is 22.0. The molecule has 27 heavy (non-hydrogen) atoms. The van der Waals surface area contributed by atoms with E-state index < -0.39 is 12.1 Å². The highest BCUT2D eigenvalue weighted by Crippen LogP contribution is 2.14. The third kappa shape index (κ3) is 18.0. The molecular weight excluding hydrogens is 336 g/mol. The zero-order valence-corrected chi connectivity index (χ0v) is 18.1. The second-order valence-electron chi connectivity index (χ2n) is 7.95. The Bertz CT molecular complexity index is 376. The molecule has 0 aliphatic heterocycles. The van der Waals surface area contributed by atoms with Crippen LogP contribution in [-0.4, -0.2) is 18.4 Å². The Balaban J connectivity index is 3.29. The lowest BCUT2D eigenvalue weighted by molar-refractivity contribution is -0.147. The van der Waals surface area contributed by atoms with Crippen molar-refractivity contribution in [2.24, 2.45) is 0 Å². The van der Waals surface area contributed by atoms with Gasteiger partial charge in [0.1, 0.15) is 0 Å². The molecule has 1 unspecified atom stereocenters. The lowest BCUT2D eigenvalue weighted by Crippen LogP contribution is -2.19. The van der Waals surface area contributed by atoms with E-state index in [2.05, 4.69) is 13.5 Å². The summed E-state index contributed by atoms with van der Waals surface area (Å²) < 4.78 is 5.08. The Labute approximate surface area is 168 Å². The van der Waals surface area contributed by atoms with Crippen molar-refractivity contribution >= 4 is 12.3 Å². The van der Waals surface area contributed by atoms with E-state index in [4.69, 9.17) is 4.74 Å². The summed E-state index contributed by atoms with van der Waals surface area (Å²) in [7, 11) is 0. The van der Waals surface area contributed by atoms with E-state index in [1.54, 1.807) is 6.92 Å². The maximum atomic E-state index is 11.4. The maximum absolute atomic E-state index is 11.4. The number of carbonyl (C=O) groups excluding carboxylic acids is 2. The van der Waals surface area contributed by atoms with Crippen molar-refractivity contribution in [1.82, 2.24) is 0 Å². The van der Waals surface area contributed by atoms with Crippen molar-refractivity contribution < 1.29 is 14.3 Å². The number of hydrogen-bond acceptors (Lipinski definition) is 3. The summed E-state index contributed by atoms with van der Waals surface area (Å²) in [6.45, 7) is 7.40. The first kappa shape index (κ1) is 25.9. The van der Waals surface area contributed by atoms with E-state index in [9.17, 15) is 9.59 Å². The molecule has 0 rings (SSSR count). The zero-order chi connectivity index (χ0) is 20.2. The summed E-state index contributed by atoms with van der Waals surface area (Å²) in [5.74, 6) is -0.469. The molecule has 1 atom stereocenters. The highest BCUT2D eigenvalue weighted by atomic mass is 16.5. The number of esters is 1. The Hall–Kier alpha value is -1.12. The van der Waals surface area contributed by atoms with Crippen molar-refractivity contribution in [1.29, 1.82) is 0 Å². The quantitative estimate of drug-likeness (QED) is 0.0961. The summed E-state index contributed by atoms with van der Waals surface area (Å²) >= 11 is 0. The van der Waals surface area contributed by atoms with Crippen LogP contribution in [0.15, 0.2) is 12.2 Å². The second kappa shape index (κ2) is 19.6. The molecular formula is C24H44O3. The highest BCUT2D eigenvalue weighted by molar-refractivity contribution is 5.88. The fourth-order valence-corrected chi connectivity index (χ4v) is 3.29. The number of unbranched alkanes of at least 4 members (excludes halogenated alkanes) is 15. The van der Waals surface area contributed by atoms with Crippen LogP contribution < -0.4 is 0 Å². The van der Waals surface area contributed by atoms with Crippen LogP contribution in [0.3, 0.4) is 0 Å². The third-order valence-electron chi connectivity index (χ3n) is 5.10. The van der Waals surface area contributed by atoms with Gasteiger partial charge in [-0.15, -0.1) is 0 Å². The molecule has 158 valence electrons. The smallest absolute Gasteiger partial charge is 0.333 e. The standard InChI is InChI=1S/C24H44O3/c1-4-5-6-7-8-9-10-11-12-13-14-15-16-17-18-19-20-23(21-25)27-24(26)22(2)3/h21,23H,2,4-20H2,1,3H3. The minimum atomic E-state index is -0.610. The van der Waals surface area contributed by atoms with E-state index in [0.717, 1.165) is 19.1 Å². The van der Waals surface area contributed by atoms with Crippen molar-refractivity contribution in [3.8, 4) is 0 Å². The SMILES string of the molecule is C=C(C)C(=O)OC(C=O)CCCCCCCCCCCCCCCCCC. The molecule has 3 heteroatoms. The van der Waals surface area contributed by atoms with Crippen molar-refractivity contribution in [3.05, 3.63) is 12.2 Å². The van der Waals surface area contributed by atoms with Crippen LogP contribution in [0.5, 0.6) is 0 Å². The molecule has 0 spiro atoms. The highest BCUT2D eigenvalue weighted by Gasteiger charge is 2.13. The van der Waals surface area contributed by atoms with Gasteiger partial charge in [0.15, 0.2) is 12.4 Å². The Kier molecular flexibility index (Phi) is 18.8. The Morgan fingerprint density at radius 2 is 1.15 bits per heavy atom. The van der Waals surface area contributed by atoms with Gasteiger partial charge in [-0.05, 0) is 19.8 Å². The molecule has 0 bridgehead atoms. The summed E-state index contributed by atoms with van der Waals surface area (Å²) in [6, 6.07) is 0. The molecule has 0 aliphatic carbocycles.